The van der Waals surface area contributed by atoms with Gasteiger partial charge in [-0.05, 0) is 92.6 Å². The summed E-state index contributed by atoms with van der Waals surface area (Å²) in [5.41, 5.74) is 5.46. The highest BCUT2D eigenvalue weighted by Gasteiger charge is 2.32. The first-order chi connectivity index (χ1) is 26.5. The van der Waals surface area contributed by atoms with Gasteiger partial charge in [0.05, 0.1) is 41.0 Å². The maximum absolute atomic E-state index is 14.9. The number of rotatable bonds is 9. The number of carbonyl (C=O) groups excluding carboxylic acids is 3. The number of imidazole rings is 1. The number of imide groups is 1. The van der Waals surface area contributed by atoms with Crippen LogP contribution in [0.1, 0.15) is 71.3 Å². The standard InChI is InChI=1S/C40H45F2N9O4/c1-23-5-4-14-55-39-29(21-45-50(39)3)33-19-27(15-24(2)46-33)37(53)49-40-47-32-8-6-26(18-34(32)51(40)22-23)20-44-13-12-43-11-10-25-16-30(41)36(31(42)17-25)28-7-9-35(52)48-38(28)54/h6,8,15-19,21,23,28,43-44H,4-5,7,9-14,20,22H2,1-3H3,(H,47,49,53)(H,48,52,54)/t23-,28-/m1/s1. The number of hydrogen-bond donors (Lipinski definition) is 4. The topological polar surface area (TPSA) is 157 Å². The van der Waals surface area contributed by atoms with Gasteiger partial charge in [0.1, 0.15) is 11.6 Å². The van der Waals surface area contributed by atoms with E-state index in [1.807, 2.05) is 26.1 Å². The molecule has 4 N–H and O–H groups in total. The second-order valence-electron chi connectivity index (χ2n) is 14.4. The van der Waals surface area contributed by atoms with Gasteiger partial charge in [0, 0.05) is 56.5 Å². The number of fused-ring (bicyclic) bond motifs is 7. The molecule has 3 aromatic heterocycles. The highest BCUT2D eigenvalue weighted by molar-refractivity contribution is 6.05. The molecular weight excluding hydrogens is 708 g/mol. The minimum Gasteiger partial charge on any atom is -0.477 e. The van der Waals surface area contributed by atoms with Crippen LogP contribution in [0.2, 0.25) is 0 Å². The fourth-order valence-corrected chi connectivity index (χ4v) is 7.30. The van der Waals surface area contributed by atoms with Crippen LogP contribution < -0.4 is 26.0 Å². The van der Waals surface area contributed by atoms with Crippen LogP contribution in [0.25, 0.3) is 22.3 Å². The van der Waals surface area contributed by atoms with E-state index in [2.05, 4.69) is 48.9 Å². The van der Waals surface area contributed by atoms with Crippen LogP contribution in [0.3, 0.4) is 0 Å². The summed E-state index contributed by atoms with van der Waals surface area (Å²) in [5.74, 6) is -2.58. The van der Waals surface area contributed by atoms with Crippen molar-refractivity contribution in [3.63, 3.8) is 0 Å². The van der Waals surface area contributed by atoms with Gasteiger partial charge in [-0.3, -0.25) is 30.0 Å². The fourth-order valence-electron chi connectivity index (χ4n) is 7.30. The number of hydrogen-bond acceptors (Lipinski definition) is 9. The SMILES string of the molecule is Cc1cc2cc(n1)-c1cnn(C)c1OCCC[C@@H](C)Cn1c(nc3ccc(CNCCNCCc4cc(F)c([C@H]5CCC(=O)NC5=O)c(F)c4)cc31)NC2=O. The maximum atomic E-state index is 14.9. The number of piperidine rings is 1. The Labute approximate surface area is 317 Å². The number of benzene rings is 2. The normalized spacial score (nSPS) is 17.8. The van der Waals surface area contributed by atoms with E-state index in [0.717, 1.165) is 35.0 Å². The van der Waals surface area contributed by atoms with Crippen LogP contribution in [0.15, 0.2) is 48.7 Å². The highest BCUT2D eigenvalue weighted by atomic mass is 19.1. The zero-order valence-corrected chi connectivity index (χ0v) is 31.2. The van der Waals surface area contributed by atoms with E-state index in [9.17, 15) is 23.2 Å². The van der Waals surface area contributed by atoms with Crippen molar-refractivity contribution in [1.29, 1.82) is 0 Å². The van der Waals surface area contributed by atoms with Gasteiger partial charge in [-0.25, -0.2) is 18.4 Å². The van der Waals surface area contributed by atoms with Crippen LogP contribution in [-0.2, 0) is 36.1 Å². The first kappa shape index (κ1) is 37.8. The minimum atomic E-state index is -1.01. The number of pyridine rings is 1. The minimum absolute atomic E-state index is 0.0494. The van der Waals surface area contributed by atoms with Crippen LogP contribution >= 0.6 is 0 Å². The molecule has 0 unspecified atom stereocenters. The Bertz CT molecular complexity index is 2230. The molecule has 2 atom stereocenters. The molecule has 0 radical (unpaired) electrons. The van der Waals surface area contributed by atoms with Gasteiger partial charge in [-0.15, -0.1) is 0 Å². The maximum Gasteiger partial charge on any atom is 0.258 e. The van der Waals surface area contributed by atoms with Gasteiger partial charge in [0.25, 0.3) is 5.91 Å². The van der Waals surface area contributed by atoms with E-state index in [1.165, 1.54) is 12.1 Å². The second-order valence-corrected chi connectivity index (χ2v) is 14.4. The number of nitrogens with one attached hydrogen (secondary N) is 4. The molecule has 288 valence electrons. The van der Waals surface area contributed by atoms with Crippen molar-refractivity contribution in [2.75, 3.05) is 31.6 Å². The van der Waals surface area contributed by atoms with Crippen molar-refractivity contribution < 1.29 is 27.9 Å². The third-order valence-corrected chi connectivity index (χ3v) is 10.1. The molecule has 5 aromatic rings. The molecule has 2 aliphatic heterocycles. The summed E-state index contributed by atoms with van der Waals surface area (Å²) in [6.07, 6.45) is 3.98. The molecule has 2 aromatic carbocycles. The summed E-state index contributed by atoms with van der Waals surface area (Å²) in [5, 5.41) is 16.4. The molecule has 0 aliphatic carbocycles. The predicted octanol–water partition coefficient (Wildman–Crippen LogP) is 4.92. The van der Waals surface area contributed by atoms with Crippen molar-refractivity contribution >= 4 is 34.7 Å². The van der Waals surface area contributed by atoms with Gasteiger partial charge < -0.3 is 19.9 Å². The number of carbonyl (C=O) groups is 3. The van der Waals surface area contributed by atoms with Gasteiger partial charge in [-0.2, -0.15) is 5.10 Å². The molecule has 0 spiro atoms. The Kier molecular flexibility index (Phi) is 11.3. The number of nitrogens with zero attached hydrogens (tertiary/aromatic N) is 5. The molecule has 15 heteroatoms. The van der Waals surface area contributed by atoms with Gasteiger partial charge >= 0.3 is 0 Å². The summed E-state index contributed by atoms with van der Waals surface area (Å²) in [6, 6.07) is 12.1. The zero-order chi connectivity index (χ0) is 38.6. The van der Waals surface area contributed by atoms with Crippen LogP contribution in [0, 0.1) is 24.5 Å². The fraction of sp³-hybridized carbons (Fsp3) is 0.400. The highest BCUT2D eigenvalue weighted by Crippen LogP contribution is 2.32. The molecule has 0 saturated carbocycles. The lowest BCUT2D eigenvalue weighted by Gasteiger charge is -2.22. The molecule has 3 amide bonds. The number of amides is 3. The van der Waals surface area contributed by atoms with Crippen molar-refractivity contribution in [3.05, 3.63) is 88.2 Å². The molecule has 1 fully saturated rings. The lowest BCUT2D eigenvalue weighted by atomic mass is 9.89. The van der Waals surface area contributed by atoms with Crippen LogP contribution in [0.4, 0.5) is 14.7 Å². The average molecular weight is 754 g/mol. The van der Waals surface area contributed by atoms with E-state index in [0.29, 0.717) is 80.1 Å². The van der Waals surface area contributed by atoms with Crippen molar-refractivity contribution in [3.8, 4) is 17.1 Å². The quantitative estimate of drug-likeness (QED) is 0.121. The first-order valence-corrected chi connectivity index (χ1v) is 18.7. The number of ether oxygens (including phenoxy) is 1. The Morgan fingerprint density at radius 1 is 0.945 bits per heavy atom. The lowest BCUT2D eigenvalue weighted by molar-refractivity contribution is -0.134. The van der Waals surface area contributed by atoms with E-state index in [4.69, 9.17) is 9.72 Å². The first-order valence-electron chi connectivity index (χ1n) is 18.7. The smallest absolute Gasteiger partial charge is 0.258 e. The lowest BCUT2D eigenvalue weighted by Crippen LogP contribution is -2.40. The van der Waals surface area contributed by atoms with Gasteiger partial charge in [0.15, 0.2) is 0 Å². The predicted molar refractivity (Wildman–Crippen MR) is 203 cm³/mol. The molecule has 55 heavy (non-hydrogen) atoms. The van der Waals surface area contributed by atoms with E-state index in [-0.39, 0.29) is 30.2 Å². The molecular formula is C40H45F2N9O4. The third kappa shape index (κ3) is 8.57. The van der Waals surface area contributed by atoms with E-state index in [1.54, 1.807) is 23.0 Å². The summed E-state index contributed by atoms with van der Waals surface area (Å²) in [6.45, 7) is 7.60. The number of halogens is 2. The number of aromatic nitrogens is 5. The summed E-state index contributed by atoms with van der Waals surface area (Å²) in [4.78, 5) is 46.8. The van der Waals surface area contributed by atoms with Crippen LogP contribution in [-0.4, -0.2) is 68.3 Å². The zero-order valence-electron chi connectivity index (χ0n) is 31.2. The second kappa shape index (κ2) is 16.4. The molecule has 2 bridgehead atoms. The van der Waals surface area contributed by atoms with Gasteiger partial charge in [0.2, 0.25) is 23.6 Å². The Hall–Kier alpha value is -5.54. The van der Waals surface area contributed by atoms with E-state index >= 15 is 0 Å². The largest absolute Gasteiger partial charge is 0.477 e. The van der Waals surface area contributed by atoms with Crippen molar-refractivity contribution in [1.82, 2.24) is 40.3 Å². The molecule has 2 aliphatic rings. The number of anilines is 1. The number of aryl methyl sites for hydroxylation is 2. The summed E-state index contributed by atoms with van der Waals surface area (Å²) < 4.78 is 39.7. The summed E-state index contributed by atoms with van der Waals surface area (Å²) >= 11 is 0. The average Bonchev–Trinajstić information content (AvgIpc) is 3.68. The van der Waals surface area contributed by atoms with Crippen LogP contribution in [0.5, 0.6) is 5.88 Å². The van der Waals surface area contributed by atoms with E-state index < -0.39 is 29.4 Å². The molecule has 7 rings (SSSR count). The molecule has 5 heterocycles. The summed E-state index contributed by atoms with van der Waals surface area (Å²) in [7, 11) is 1.83. The Morgan fingerprint density at radius 3 is 2.55 bits per heavy atom. The monoisotopic (exact) mass is 753 g/mol. The Balaban J connectivity index is 0.974. The molecule has 13 nitrogen and oxygen atoms in total. The Morgan fingerprint density at radius 2 is 1.75 bits per heavy atom. The third-order valence-electron chi connectivity index (χ3n) is 10.1. The molecule has 1 saturated heterocycles. The van der Waals surface area contributed by atoms with Crippen molar-refractivity contribution in [2.45, 2.75) is 65.0 Å². The van der Waals surface area contributed by atoms with Gasteiger partial charge in [-0.1, -0.05) is 13.0 Å². The van der Waals surface area contributed by atoms with Crippen molar-refractivity contribution in [2.24, 2.45) is 13.0 Å².